The lowest BCUT2D eigenvalue weighted by atomic mass is 9.76. The zero-order chi connectivity index (χ0) is 56.2. The molecule has 0 saturated heterocycles. The third-order valence-corrected chi connectivity index (χ3v) is 15.2. The Balaban J connectivity index is 0.000000182. The van der Waals surface area contributed by atoms with Crippen molar-refractivity contribution in [2.75, 3.05) is 36.8 Å². The van der Waals surface area contributed by atoms with Gasteiger partial charge in [0.15, 0.2) is 45.6 Å². The largest absolute Gasteiger partial charge is 0.440 e. The van der Waals surface area contributed by atoms with Crippen LogP contribution in [-0.2, 0) is 57.2 Å². The number of imidazole rings is 2. The van der Waals surface area contributed by atoms with E-state index in [0.29, 0.717) is 82.3 Å². The maximum atomic E-state index is 14.1. The fourth-order valence-corrected chi connectivity index (χ4v) is 10.7. The Labute approximate surface area is 480 Å². The molecule has 2 fully saturated rings. The minimum absolute atomic E-state index is 0.195. The number of hydrogen-bond donors (Lipinski definition) is 5. The lowest BCUT2D eigenvalue weighted by molar-refractivity contribution is 0.465. The van der Waals surface area contributed by atoms with E-state index >= 15 is 0 Å². The van der Waals surface area contributed by atoms with Gasteiger partial charge in [0.2, 0.25) is 0 Å². The highest BCUT2D eigenvalue weighted by Gasteiger charge is 2.42. The molecule has 8 aromatic heterocycles. The van der Waals surface area contributed by atoms with Gasteiger partial charge in [-0.1, -0.05) is 91.0 Å². The second-order valence-corrected chi connectivity index (χ2v) is 21.3. The third-order valence-electron chi connectivity index (χ3n) is 15.2. The zero-order valence-electron chi connectivity index (χ0n) is 46.2. The van der Waals surface area contributed by atoms with E-state index in [1.807, 2.05) is 6.20 Å². The smallest absolute Gasteiger partial charge is 0.196 e. The number of pyridine rings is 4. The Kier molecular flexibility index (Phi) is 17.0. The molecule has 18 heteroatoms. The average Bonchev–Trinajstić information content (AvgIpc) is 4.45. The van der Waals surface area contributed by atoms with E-state index < -0.39 is 5.54 Å². The molecular weight excluding hydrogens is 1050 g/mol. The summed E-state index contributed by atoms with van der Waals surface area (Å²) in [4.78, 5) is 39.2. The van der Waals surface area contributed by atoms with Crippen molar-refractivity contribution in [3.63, 3.8) is 0 Å². The normalized spacial score (nSPS) is 13.3. The molecule has 0 radical (unpaired) electrons. The number of fused-ring (bicyclic) bond motifs is 2. The molecule has 11 aromatic rings. The summed E-state index contributed by atoms with van der Waals surface area (Å²) in [5, 5.41) is 13.3. The molecule has 2 saturated carbocycles. The zero-order valence-corrected chi connectivity index (χ0v) is 46.2. The van der Waals surface area contributed by atoms with E-state index in [1.165, 1.54) is 65.9 Å². The molecule has 16 nitrogen and oxygen atoms in total. The first-order valence-corrected chi connectivity index (χ1v) is 28.8. The highest BCUT2D eigenvalue weighted by molar-refractivity contribution is 5.84. The number of anilines is 2. The van der Waals surface area contributed by atoms with Gasteiger partial charge in [0, 0.05) is 113 Å². The van der Waals surface area contributed by atoms with E-state index in [2.05, 4.69) is 158 Å². The van der Waals surface area contributed by atoms with Crippen molar-refractivity contribution in [1.29, 1.82) is 0 Å². The molecule has 3 aromatic carbocycles. The Hall–Kier alpha value is -9.00. The summed E-state index contributed by atoms with van der Waals surface area (Å²) >= 11 is 0. The van der Waals surface area contributed by atoms with Crippen molar-refractivity contribution < 1.29 is 17.6 Å². The molecule has 422 valence electrons. The van der Waals surface area contributed by atoms with Crippen molar-refractivity contribution >= 4 is 33.8 Å². The SMILES string of the molecule is Fc1cccnc1CNc1nccc2oc(CCNCCc3ncc(CC4CC4)[nH]3)nc12.Fc1cccnc1CNc1nccc2oc(CCNCCc3ncc(CC4CC4)n3C(c3ccccc3)(c3ccccc3)c3ccccc3)nc12. The van der Waals surface area contributed by atoms with E-state index in [0.717, 1.165) is 62.9 Å². The fourth-order valence-electron chi connectivity index (χ4n) is 10.7. The summed E-state index contributed by atoms with van der Waals surface area (Å²) in [6, 6.07) is 42.0. The van der Waals surface area contributed by atoms with E-state index in [9.17, 15) is 8.78 Å². The van der Waals surface area contributed by atoms with Crippen molar-refractivity contribution in [3.05, 3.63) is 239 Å². The summed E-state index contributed by atoms with van der Waals surface area (Å²) in [7, 11) is 0. The monoisotopic (exact) mass is 1110 g/mol. The number of aromatic amines is 1. The lowest BCUT2D eigenvalue weighted by Crippen LogP contribution is -2.40. The van der Waals surface area contributed by atoms with Gasteiger partial charge in [0.1, 0.15) is 28.8 Å². The summed E-state index contributed by atoms with van der Waals surface area (Å²) in [6.45, 7) is 3.41. The molecule has 0 aliphatic heterocycles. The molecule has 2 aliphatic carbocycles. The van der Waals surface area contributed by atoms with Crippen molar-refractivity contribution in [1.82, 2.24) is 60.1 Å². The third kappa shape index (κ3) is 13.2. The van der Waals surface area contributed by atoms with Crippen LogP contribution in [0.1, 0.15) is 88.6 Å². The number of aromatic nitrogens is 10. The molecule has 2 aliphatic rings. The van der Waals surface area contributed by atoms with Gasteiger partial charge >= 0.3 is 0 Å². The van der Waals surface area contributed by atoms with Gasteiger partial charge in [-0.25, -0.2) is 38.7 Å². The molecule has 0 amide bonds. The maximum Gasteiger partial charge on any atom is 0.196 e. The van der Waals surface area contributed by atoms with Crippen LogP contribution in [0.4, 0.5) is 20.4 Å². The predicted octanol–water partition coefficient (Wildman–Crippen LogP) is 11.2. The lowest BCUT2D eigenvalue weighted by Gasteiger charge is -2.40. The Morgan fingerprint density at radius 1 is 0.506 bits per heavy atom. The summed E-state index contributed by atoms with van der Waals surface area (Å²) in [5.74, 6) is 5.25. The molecule has 0 atom stereocenters. The quantitative estimate of drug-likeness (QED) is 0.0253. The Bertz CT molecular complexity index is 3760. The van der Waals surface area contributed by atoms with Crippen molar-refractivity contribution in [3.8, 4) is 0 Å². The number of benzene rings is 3. The minimum Gasteiger partial charge on any atom is -0.440 e. The van der Waals surface area contributed by atoms with Gasteiger partial charge in [-0.2, -0.15) is 0 Å². The standard InChI is InChI=1S/C42H40FN7O.C23H26FN7O/c43-35-17-10-23-45-36(35)29-48-41-40-37(20-26-46-41)51-39(49-40)22-25-44-24-21-38-47-28-34(27-30-18-19-30)50(38)42(31-11-4-1-5-12-31,32-13-6-2-7-14-32)33-15-8-3-9-16-33;24-17-2-1-8-26-18(17)14-29-23-22-19(5-11-27-23)32-21(31-22)7-10-25-9-6-20-28-13-16(30-20)12-15-3-4-15/h1-17,20,23,26,28,30,44H,18-19,21-22,24-25,27,29H2,(H,46,48);1-2,5,8,11,13,15,25H,3-4,6-7,9-10,12,14H2,(H,27,29)(H,28,30). The number of nitrogens with one attached hydrogen (secondary N) is 5. The molecule has 13 rings (SSSR count). The van der Waals surface area contributed by atoms with E-state index in [4.69, 9.17) is 18.8 Å². The van der Waals surface area contributed by atoms with E-state index in [1.54, 1.807) is 49.1 Å². The number of halogens is 2. The fraction of sp³-hybridized carbons (Fsp3) is 0.292. The van der Waals surface area contributed by atoms with Gasteiger partial charge in [0.05, 0.1) is 24.5 Å². The van der Waals surface area contributed by atoms with Crippen LogP contribution in [0.2, 0.25) is 0 Å². The molecule has 0 unspecified atom stereocenters. The second-order valence-electron chi connectivity index (χ2n) is 21.3. The highest BCUT2D eigenvalue weighted by Crippen LogP contribution is 2.44. The maximum absolute atomic E-state index is 14.1. The van der Waals surface area contributed by atoms with Crippen LogP contribution in [0.25, 0.3) is 22.2 Å². The number of rotatable bonds is 26. The van der Waals surface area contributed by atoms with Gasteiger partial charge in [-0.05, 0) is 91.3 Å². The predicted molar refractivity (Wildman–Crippen MR) is 315 cm³/mol. The first-order chi connectivity index (χ1) is 40.9. The van der Waals surface area contributed by atoms with Gasteiger partial charge in [-0.3, -0.25) is 9.97 Å². The highest BCUT2D eigenvalue weighted by atomic mass is 19.1. The van der Waals surface area contributed by atoms with Gasteiger partial charge in [-0.15, -0.1) is 0 Å². The molecule has 0 spiro atoms. The van der Waals surface area contributed by atoms with Crippen LogP contribution >= 0.6 is 0 Å². The number of H-pyrrole nitrogens is 1. The van der Waals surface area contributed by atoms with Crippen LogP contribution in [0.5, 0.6) is 0 Å². The van der Waals surface area contributed by atoms with Crippen LogP contribution in [0, 0.1) is 23.5 Å². The molecule has 83 heavy (non-hydrogen) atoms. The van der Waals surface area contributed by atoms with Crippen LogP contribution in [0.15, 0.2) is 173 Å². The van der Waals surface area contributed by atoms with Gasteiger partial charge < -0.3 is 39.7 Å². The molecule has 8 heterocycles. The summed E-state index contributed by atoms with van der Waals surface area (Å²) in [5.41, 5.74) is 8.71. The van der Waals surface area contributed by atoms with Crippen LogP contribution in [0.3, 0.4) is 0 Å². The molecule has 0 bridgehead atoms. The Morgan fingerprint density at radius 3 is 1.51 bits per heavy atom. The van der Waals surface area contributed by atoms with Crippen molar-refractivity contribution in [2.45, 2.75) is 82.8 Å². The number of hydrogen-bond acceptors (Lipinski definition) is 14. The van der Waals surface area contributed by atoms with Crippen molar-refractivity contribution in [2.24, 2.45) is 11.8 Å². The van der Waals surface area contributed by atoms with Crippen LogP contribution in [-0.4, -0.2) is 75.6 Å². The second kappa shape index (κ2) is 25.8. The minimum atomic E-state index is -0.597. The summed E-state index contributed by atoms with van der Waals surface area (Å²) in [6.07, 6.45) is 20.8. The van der Waals surface area contributed by atoms with Crippen LogP contribution < -0.4 is 21.3 Å². The van der Waals surface area contributed by atoms with E-state index in [-0.39, 0.29) is 24.7 Å². The first kappa shape index (κ1) is 54.6. The summed E-state index contributed by atoms with van der Waals surface area (Å²) < 4.78 is 42.4. The molecule has 5 N–H and O–H groups in total. The number of oxazole rings is 2. The molecular formula is C65H66F2N14O2. The van der Waals surface area contributed by atoms with Gasteiger partial charge in [0.25, 0.3) is 0 Å². The Morgan fingerprint density at radius 2 is 1.00 bits per heavy atom. The first-order valence-electron chi connectivity index (χ1n) is 28.8. The average molecular weight is 1110 g/mol. The topological polar surface area (TPSA) is 198 Å². The number of nitrogens with zero attached hydrogens (tertiary/aromatic N) is 9.